The van der Waals surface area contributed by atoms with Gasteiger partial charge in [0.2, 0.25) is 0 Å². The lowest BCUT2D eigenvalue weighted by Gasteiger charge is -2.08. The number of nitrogens with zero attached hydrogens (tertiary/aromatic N) is 1. The van der Waals surface area contributed by atoms with Crippen molar-refractivity contribution in [1.29, 1.82) is 5.26 Å². The van der Waals surface area contributed by atoms with Crippen molar-refractivity contribution in [3.63, 3.8) is 0 Å². The van der Waals surface area contributed by atoms with Gasteiger partial charge in [0.15, 0.2) is 0 Å². The van der Waals surface area contributed by atoms with Gasteiger partial charge in [-0.05, 0) is 36.6 Å². The number of aryl methyl sites for hydroxylation is 1. The highest BCUT2D eigenvalue weighted by Crippen LogP contribution is 2.17. The second-order valence-electron chi connectivity index (χ2n) is 3.77. The molecule has 0 aromatic heterocycles. The zero-order valence-electron chi connectivity index (χ0n) is 10.5. The molecule has 0 radical (unpaired) electrons. The van der Waals surface area contributed by atoms with Gasteiger partial charge in [-0.2, -0.15) is 5.26 Å². The predicted octanol–water partition coefficient (Wildman–Crippen LogP) is 2.04. The van der Waals surface area contributed by atoms with E-state index in [2.05, 4.69) is 0 Å². The Kier molecular flexibility index (Phi) is 5.06. The number of rotatable bonds is 5. The molecule has 4 nitrogen and oxygen atoms in total. The average molecular weight is 245 g/mol. The van der Waals surface area contributed by atoms with Gasteiger partial charge in [0.25, 0.3) is 0 Å². The van der Waals surface area contributed by atoms with Gasteiger partial charge in [-0.1, -0.05) is 6.92 Å². The van der Waals surface area contributed by atoms with E-state index in [1.54, 1.807) is 19.1 Å². The van der Waals surface area contributed by atoms with E-state index in [0.717, 1.165) is 11.8 Å². The van der Waals surface area contributed by atoms with Crippen molar-refractivity contribution in [2.75, 3.05) is 6.61 Å². The zero-order chi connectivity index (χ0) is 13.5. The van der Waals surface area contributed by atoms with E-state index in [1.807, 2.05) is 13.0 Å². The number of ether oxygens (including phenoxy) is 1. The summed E-state index contributed by atoms with van der Waals surface area (Å²) < 4.78 is 4.84. The highest BCUT2D eigenvalue weighted by molar-refractivity contribution is 5.80. The summed E-state index contributed by atoms with van der Waals surface area (Å²) in [5.74, 6) is -0.393. The summed E-state index contributed by atoms with van der Waals surface area (Å²) in [6.07, 6.45) is 1.43. The Morgan fingerprint density at radius 3 is 2.61 bits per heavy atom. The van der Waals surface area contributed by atoms with Crippen LogP contribution < -0.4 is 0 Å². The van der Waals surface area contributed by atoms with Gasteiger partial charge >= 0.3 is 5.97 Å². The maximum absolute atomic E-state index is 11.4. The van der Waals surface area contributed by atoms with Crippen molar-refractivity contribution in [2.45, 2.75) is 26.7 Å². The molecule has 1 rings (SSSR count). The van der Waals surface area contributed by atoms with Gasteiger partial charge in [-0.25, -0.2) is 0 Å². The highest BCUT2D eigenvalue weighted by Gasteiger charge is 2.12. The second kappa shape index (κ2) is 6.55. The van der Waals surface area contributed by atoms with Crippen LogP contribution in [0.15, 0.2) is 12.1 Å². The summed E-state index contributed by atoms with van der Waals surface area (Å²) in [5, 5.41) is 9.05. The van der Waals surface area contributed by atoms with Crippen LogP contribution in [0.4, 0.5) is 0 Å². The minimum absolute atomic E-state index is 0.0154. The maximum Gasteiger partial charge on any atom is 0.310 e. The molecule has 0 saturated heterocycles. The predicted molar refractivity (Wildman–Crippen MR) is 66.3 cm³/mol. The van der Waals surface area contributed by atoms with Crippen LogP contribution in [0, 0.1) is 11.3 Å². The van der Waals surface area contributed by atoms with E-state index in [0.29, 0.717) is 29.7 Å². The minimum atomic E-state index is -0.393. The molecule has 0 aliphatic carbocycles. The average Bonchev–Trinajstić information content (AvgIpc) is 2.38. The molecule has 0 aliphatic rings. The van der Waals surface area contributed by atoms with Crippen molar-refractivity contribution in [3.8, 4) is 6.07 Å². The summed E-state index contributed by atoms with van der Waals surface area (Å²) in [5.41, 5.74) is 2.30. The van der Waals surface area contributed by atoms with Crippen LogP contribution in [0.5, 0.6) is 0 Å². The van der Waals surface area contributed by atoms with Crippen molar-refractivity contribution < 1.29 is 14.3 Å². The van der Waals surface area contributed by atoms with Crippen molar-refractivity contribution in [3.05, 3.63) is 34.4 Å². The molecular weight excluding hydrogens is 230 g/mol. The minimum Gasteiger partial charge on any atom is -0.466 e. The molecule has 0 atom stereocenters. The van der Waals surface area contributed by atoms with Gasteiger partial charge in [0.05, 0.1) is 24.7 Å². The van der Waals surface area contributed by atoms with E-state index in [1.165, 1.54) is 0 Å². The van der Waals surface area contributed by atoms with E-state index in [-0.39, 0.29) is 6.42 Å². The fraction of sp³-hybridized carbons (Fsp3) is 0.357. The Morgan fingerprint density at radius 2 is 2.11 bits per heavy atom. The lowest BCUT2D eigenvalue weighted by Crippen LogP contribution is -2.09. The van der Waals surface area contributed by atoms with Crippen LogP contribution in [-0.2, 0) is 22.4 Å². The number of carbonyl (C=O) groups excluding carboxylic acids is 2. The number of hydrogen-bond acceptors (Lipinski definition) is 4. The monoisotopic (exact) mass is 245 g/mol. The fourth-order valence-corrected chi connectivity index (χ4v) is 1.74. The Bertz CT molecular complexity index is 500. The molecule has 0 bridgehead atoms. The number of hydrogen-bond donors (Lipinski definition) is 0. The van der Waals surface area contributed by atoms with Gasteiger partial charge < -0.3 is 4.74 Å². The van der Waals surface area contributed by atoms with Crippen LogP contribution in [0.25, 0.3) is 0 Å². The summed E-state index contributed by atoms with van der Waals surface area (Å²) in [7, 11) is 0. The first-order chi connectivity index (χ1) is 8.65. The number of nitriles is 1. The molecule has 0 amide bonds. The van der Waals surface area contributed by atoms with Crippen molar-refractivity contribution in [1.82, 2.24) is 0 Å². The van der Waals surface area contributed by atoms with Crippen LogP contribution in [0.3, 0.4) is 0 Å². The molecule has 0 N–H and O–H groups in total. The third-order valence-corrected chi connectivity index (χ3v) is 2.63. The molecule has 0 aliphatic heterocycles. The Labute approximate surface area is 106 Å². The first-order valence-corrected chi connectivity index (χ1v) is 5.82. The molecular formula is C14H15NO3. The van der Waals surface area contributed by atoms with E-state index in [4.69, 9.17) is 10.00 Å². The van der Waals surface area contributed by atoms with Crippen LogP contribution in [0.1, 0.15) is 40.9 Å². The first kappa shape index (κ1) is 13.9. The van der Waals surface area contributed by atoms with Crippen molar-refractivity contribution in [2.24, 2.45) is 0 Å². The number of aldehydes is 1. The van der Waals surface area contributed by atoms with E-state index in [9.17, 15) is 9.59 Å². The molecule has 1 aromatic rings. The lowest BCUT2D eigenvalue weighted by molar-refractivity contribution is -0.142. The topological polar surface area (TPSA) is 67.2 Å². The molecule has 4 heteroatoms. The van der Waals surface area contributed by atoms with E-state index < -0.39 is 5.97 Å². The van der Waals surface area contributed by atoms with E-state index >= 15 is 0 Å². The van der Waals surface area contributed by atoms with Crippen LogP contribution in [0.2, 0.25) is 0 Å². The Morgan fingerprint density at radius 1 is 1.39 bits per heavy atom. The van der Waals surface area contributed by atoms with Crippen molar-refractivity contribution >= 4 is 12.3 Å². The second-order valence-corrected chi connectivity index (χ2v) is 3.77. The summed E-state index contributed by atoms with van der Waals surface area (Å²) in [6, 6.07) is 5.31. The van der Waals surface area contributed by atoms with Gasteiger partial charge in [0, 0.05) is 5.56 Å². The van der Waals surface area contributed by atoms with Gasteiger partial charge in [0.1, 0.15) is 6.29 Å². The number of esters is 1. The Balaban J connectivity index is 3.14. The smallest absolute Gasteiger partial charge is 0.310 e. The molecule has 94 valence electrons. The molecule has 1 aromatic carbocycles. The molecule has 0 fully saturated rings. The number of carbonyl (C=O) groups is 2. The number of benzene rings is 1. The van der Waals surface area contributed by atoms with Crippen LogP contribution >= 0.6 is 0 Å². The third kappa shape index (κ3) is 3.17. The zero-order valence-corrected chi connectivity index (χ0v) is 10.5. The van der Waals surface area contributed by atoms with Gasteiger partial charge in [-0.3, -0.25) is 9.59 Å². The SMILES string of the molecule is CCOC(=O)Cc1cc(C=O)c(CC)cc1C#N. The maximum atomic E-state index is 11.4. The molecule has 0 saturated carbocycles. The highest BCUT2D eigenvalue weighted by atomic mass is 16.5. The molecule has 18 heavy (non-hydrogen) atoms. The standard InChI is InChI=1S/C14H15NO3/c1-3-10-5-12(8-15)11(6-13(10)9-16)7-14(17)18-4-2/h5-6,9H,3-4,7H2,1-2H3. The third-order valence-electron chi connectivity index (χ3n) is 2.63. The fourth-order valence-electron chi connectivity index (χ4n) is 1.74. The van der Waals surface area contributed by atoms with Gasteiger partial charge in [-0.15, -0.1) is 0 Å². The summed E-state index contributed by atoms with van der Waals surface area (Å²) in [4.78, 5) is 22.4. The molecule has 0 spiro atoms. The molecule has 0 heterocycles. The lowest BCUT2D eigenvalue weighted by atomic mass is 9.96. The quantitative estimate of drug-likeness (QED) is 0.588. The first-order valence-electron chi connectivity index (χ1n) is 5.82. The normalized spacial score (nSPS) is 9.61. The van der Waals surface area contributed by atoms with Crippen LogP contribution in [-0.4, -0.2) is 18.9 Å². The summed E-state index contributed by atoms with van der Waals surface area (Å²) >= 11 is 0. The summed E-state index contributed by atoms with van der Waals surface area (Å²) in [6.45, 7) is 3.93. The molecule has 0 unspecified atom stereocenters. The Hall–Kier alpha value is -2.15. The largest absolute Gasteiger partial charge is 0.466 e.